The van der Waals surface area contributed by atoms with Crippen LogP contribution in [0.5, 0.6) is 0 Å². The van der Waals surface area contributed by atoms with Gasteiger partial charge in [-0.05, 0) is 36.4 Å². The third-order valence-electron chi connectivity index (χ3n) is 2.66. The molecule has 0 aromatic heterocycles. The lowest BCUT2D eigenvalue weighted by atomic mass is 10.2. The molecule has 0 bridgehead atoms. The Kier molecular flexibility index (Phi) is 4.95. The third-order valence-corrected chi connectivity index (χ3v) is 3.10. The summed E-state index contributed by atoms with van der Waals surface area (Å²) in [4.78, 5) is 11.9. The highest BCUT2D eigenvalue weighted by Crippen LogP contribution is 2.16. The van der Waals surface area contributed by atoms with Crippen molar-refractivity contribution in [2.75, 3.05) is 15.4 Å². The summed E-state index contributed by atoms with van der Waals surface area (Å²) < 4.78 is 23.3. The SMILES string of the molecule is N#Cc1ccccc1NC(=O)Nc1ccc(N[SH](=O)=O)cc1. The molecule has 0 aliphatic carbocycles. The van der Waals surface area contributed by atoms with Gasteiger partial charge in [-0.1, -0.05) is 12.1 Å². The van der Waals surface area contributed by atoms with E-state index in [4.69, 9.17) is 5.26 Å². The number of anilines is 3. The minimum Gasteiger partial charge on any atom is -0.308 e. The van der Waals surface area contributed by atoms with Crippen molar-refractivity contribution in [3.05, 3.63) is 54.1 Å². The van der Waals surface area contributed by atoms with Crippen LogP contribution >= 0.6 is 0 Å². The van der Waals surface area contributed by atoms with E-state index in [2.05, 4.69) is 15.4 Å². The zero-order chi connectivity index (χ0) is 15.9. The zero-order valence-electron chi connectivity index (χ0n) is 11.2. The summed E-state index contributed by atoms with van der Waals surface area (Å²) in [7, 11) is -2.72. The van der Waals surface area contributed by atoms with Crippen molar-refractivity contribution in [3.8, 4) is 6.07 Å². The third kappa shape index (κ3) is 4.22. The van der Waals surface area contributed by atoms with Crippen LogP contribution in [-0.4, -0.2) is 14.4 Å². The van der Waals surface area contributed by atoms with Gasteiger partial charge in [0.1, 0.15) is 6.07 Å². The van der Waals surface area contributed by atoms with E-state index < -0.39 is 16.9 Å². The molecule has 22 heavy (non-hydrogen) atoms. The molecule has 0 heterocycles. The summed E-state index contributed by atoms with van der Waals surface area (Å²) in [6, 6.07) is 14.3. The van der Waals surface area contributed by atoms with Crippen molar-refractivity contribution in [2.24, 2.45) is 0 Å². The molecule has 2 rings (SSSR count). The molecule has 0 fully saturated rings. The molecule has 112 valence electrons. The Morgan fingerprint density at radius 3 is 2.23 bits per heavy atom. The van der Waals surface area contributed by atoms with Gasteiger partial charge in [0.15, 0.2) is 0 Å². The average molecular weight is 316 g/mol. The van der Waals surface area contributed by atoms with Crippen LogP contribution < -0.4 is 15.4 Å². The van der Waals surface area contributed by atoms with Crippen LogP contribution in [0.3, 0.4) is 0 Å². The lowest BCUT2D eigenvalue weighted by molar-refractivity contribution is 0.262. The molecule has 2 amide bonds. The van der Waals surface area contributed by atoms with Crippen LogP contribution in [-0.2, 0) is 10.9 Å². The minimum absolute atomic E-state index is 0.358. The number of carbonyl (C=O) groups excluding carboxylic acids is 1. The Balaban J connectivity index is 2.01. The largest absolute Gasteiger partial charge is 0.323 e. The van der Waals surface area contributed by atoms with Gasteiger partial charge in [-0.3, -0.25) is 4.72 Å². The van der Waals surface area contributed by atoms with E-state index in [0.717, 1.165) is 0 Å². The molecule has 0 radical (unpaired) electrons. The zero-order valence-corrected chi connectivity index (χ0v) is 12.1. The second-order valence-corrected chi connectivity index (χ2v) is 4.92. The van der Waals surface area contributed by atoms with Gasteiger partial charge in [0, 0.05) is 11.4 Å². The molecule has 0 saturated carbocycles. The number of benzene rings is 2. The standard InChI is InChI=1S/C14H12N4O3S/c15-9-10-3-1-2-4-13(10)17-14(19)16-11-5-7-12(8-6-11)18-22(20)21/h1-8,22H,(H2,16,17,19)(H,18,20,21). The smallest absolute Gasteiger partial charge is 0.308 e. The number of urea groups is 1. The summed E-state index contributed by atoms with van der Waals surface area (Å²) in [5.74, 6) is 0. The van der Waals surface area contributed by atoms with Gasteiger partial charge >= 0.3 is 6.03 Å². The molecule has 2 aromatic rings. The van der Waals surface area contributed by atoms with E-state index in [1.165, 1.54) is 12.1 Å². The molecule has 0 aliphatic heterocycles. The second-order valence-electron chi connectivity index (χ2n) is 4.18. The Labute approximate surface area is 128 Å². The number of hydrogen-bond acceptors (Lipinski definition) is 4. The predicted molar refractivity (Wildman–Crippen MR) is 84.2 cm³/mol. The van der Waals surface area contributed by atoms with E-state index in [1.807, 2.05) is 6.07 Å². The summed E-state index contributed by atoms with van der Waals surface area (Å²) in [5, 5.41) is 14.1. The van der Waals surface area contributed by atoms with Crippen LogP contribution in [0.4, 0.5) is 21.9 Å². The average Bonchev–Trinajstić information content (AvgIpc) is 2.49. The first-order valence-electron chi connectivity index (χ1n) is 6.17. The maximum absolute atomic E-state index is 11.9. The number of carbonyl (C=O) groups is 1. The van der Waals surface area contributed by atoms with Gasteiger partial charge in [0.2, 0.25) is 10.9 Å². The normalized spacial score (nSPS) is 9.82. The first-order valence-corrected chi connectivity index (χ1v) is 7.34. The van der Waals surface area contributed by atoms with Crippen molar-refractivity contribution in [1.29, 1.82) is 5.26 Å². The lowest BCUT2D eigenvalue weighted by Crippen LogP contribution is -2.19. The van der Waals surface area contributed by atoms with Crippen molar-refractivity contribution in [3.63, 3.8) is 0 Å². The number of nitriles is 1. The monoisotopic (exact) mass is 316 g/mol. The molecule has 2 aromatic carbocycles. The van der Waals surface area contributed by atoms with Gasteiger partial charge in [-0.25, -0.2) is 13.2 Å². The van der Waals surface area contributed by atoms with Gasteiger partial charge < -0.3 is 10.6 Å². The number of nitrogens with one attached hydrogen (secondary N) is 3. The first-order chi connectivity index (χ1) is 10.6. The molecule has 0 aliphatic rings. The Morgan fingerprint density at radius 2 is 1.59 bits per heavy atom. The Hall–Kier alpha value is -3.05. The number of para-hydroxylation sites is 1. The first kappa shape index (κ1) is 15.3. The van der Waals surface area contributed by atoms with Crippen LogP contribution in [0.1, 0.15) is 5.56 Å². The van der Waals surface area contributed by atoms with E-state index in [0.29, 0.717) is 22.6 Å². The fourth-order valence-electron chi connectivity index (χ4n) is 1.71. The summed E-state index contributed by atoms with van der Waals surface area (Å²) >= 11 is 0. The molecule has 0 spiro atoms. The van der Waals surface area contributed by atoms with E-state index in [9.17, 15) is 13.2 Å². The number of thiol groups is 1. The topological polar surface area (TPSA) is 111 Å². The second kappa shape index (κ2) is 7.10. The maximum Gasteiger partial charge on any atom is 0.323 e. The highest BCUT2D eigenvalue weighted by molar-refractivity contribution is 7.73. The van der Waals surface area contributed by atoms with Crippen molar-refractivity contribution in [1.82, 2.24) is 0 Å². The van der Waals surface area contributed by atoms with Crippen LogP contribution in [0.25, 0.3) is 0 Å². The number of amides is 2. The summed E-state index contributed by atoms with van der Waals surface area (Å²) in [6.07, 6.45) is 0. The number of nitrogens with zero attached hydrogens (tertiary/aromatic N) is 1. The highest BCUT2D eigenvalue weighted by atomic mass is 32.2. The van der Waals surface area contributed by atoms with Gasteiger partial charge in [0.25, 0.3) is 0 Å². The van der Waals surface area contributed by atoms with Crippen LogP contribution in [0, 0.1) is 11.3 Å². The van der Waals surface area contributed by atoms with Crippen LogP contribution in [0.2, 0.25) is 0 Å². The van der Waals surface area contributed by atoms with E-state index in [-0.39, 0.29) is 0 Å². The van der Waals surface area contributed by atoms with Crippen molar-refractivity contribution < 1.29 is 13.2 Å². The molecule has 7 nitrogen and oxygen atoms in total. The van der Waals surface area contributed by atoms with E-state index >= 15 is 0 Å². The van der Waals surface area contributed by atoms with Crippen LogP contribution in [0.15, 0.2) is 48.5 Å². The molecule has 8 heteroatoms. The van der Waals surface area contributed by atoms with Crippen molar-refractivity contribution >= 4 is 34.0 Å². The number of hydrogen-bond donors (Lipinski definition) is 4. The quantitative estimate of drug-likeness (QED) is 0.647. The Bertz CT molecular complexity index is 786. The maximum atomic E-state index is 11.9. The molecule has 0 unspecified atom stereocenters. The van der Waals surface area contributed by atoms with E-state index in [1.54, 1.807) is 36.4 Å². The predicted octanol–water partition coefficient (Wildman–Crippen LogP) is 2.14. The van der Waals surface area contributed by atoms with Gasteiger partial charge in [0.05, 0.1) is 11.3 Å². The van der Waals surface area contributed by atoms with Gasteiger partial charge in [-0.2, -0.15) is 5.26 Å². The number of rotatable bonds is 4. The Morgan fingerprint density at radius 1 is 0.955 bits per heavy atom. The van der Waals surface area contributed by atoms with Gasteiger partial charge in [-0.15, -0.1) is 0 Å². The molecular weight excluding hydrogens is 304 g/mol. The fourth-order valence-corrected chi connectivity index (χ4v) is 2.07. The summed E-state index contributed by atoms with van der Waals surface area (Å²) in [5.41, 5.74) is 1.65. The lowest BCUT2D eigenvalue weighted by Gasteiger charge is -2.09. The van der Waals surface area contributed by atoms with Crippen molar-refractivity contribution in [2.45, 2.75) is 0 Å². The molecule has 3 N–H and O–H groups in total. The minimum atomic E-state index is -2.72. The fraction of sp³-hybridized carbons (Fsp3) is 0. The highest BCUT2D eigenvalue weighted by Gasteiger charge is 2.06. The summed E-state index contributed by atoms with van der Waals surface area (Å²) in [6.45, 7) is 0. The molecular formula is C14H12N4O3S. The molecule has 0 atom stereocenters. The molecule has 0 saturated heterocycles.